The maximum absolute atomic E-state index is 13.4. The molecule has 0 aliphatic heterocycles. The van der Waals surface area contributed by atoms with E-state index in [1.54, 1.807) is 7.05 Å². The first-order valence-corrected chi connectivity index (χ1v) is 5.48. The minimum absolute atomic E-state index is 0.229. The Morgan fingerprint density at radius 3 is 2.37 bits per heavy atom. The molecule has 0 bridgehead atoms. The largest absolute Gasteiger partial charge is 0.294 e. The van der Waals surface area contributed by atoms with Gasteiger partial charge in [0.05, 0.1) is 23.7 Å². The lowest BCUT2D eigenvalue weighted by Gasteiger charge is -2.02. The maximum Gasteiger partial charge on any atom is 0.176 e. The highest BCUT2D eigenvalue weighted by Gasteiger charge is 2.21. The van der Waals surface area contributed by atoms with Gasteiger partial charge in [-0.3, -0.25) is 14.3 Å². The smallest absolute Gasteiger partial charge is 0.176 e. The van der Waals surface area contributed by atoms with Crippen molar-refractivity contribution < 1.29 is 18.4 Å². The molecule has 0 atom stereocenters. The minimum atomic E-state index is -0.969. The van der Waals surface area contributed by atoms with Gasteiger partial charge in [0.1, 0.15) is 11.6 Å². The lowest BCUT2D eigenvalue weighted by Crippen LogP contribution is -2.11. The summed E-state index contributed by atoms with van der Waals surface area (Å²) in [5.74, 6) is -3.35. The highest BCUT2D eigenvalue weighted by Crippen LogP contribution is 2.15. The monoisotopic (exact) mass is 264 g/mol. The van der Waals surface area contributed by atoms with E-state index in [0.29, 0.717) is 0 Å². The van der Waals surface area contributed by atoms with Gasteiger partial charge in [0.25, 0.3) is 0 Å². The van der Waals surface area contributed by atoms with Crippen LogP contribution < -0.4 is 0 Å². The van der Waals surface area contributed by atoms with Gasteiger partial charge < -0.3 is 0 Å². The number of carbonyl (C=O) groups is 2. The first kappa shape index (κ1) is 13.1. The Hall–Kier alpha value is -2.37. The summed E-state index contributed by atoms with van der Waals surface area (Å²) in [7, 11) is 1.62. The second kappa shape index (κ2) is 5.09. The molecule has 6 heteroatoms. The number of carbonyl (C=O) groups excluding carboxylic acids is 2. The third-order valence-electron chi connectivity index (χ3n) is 2.59. The molecular formula is C13H10F2N2O2. The number of rotatable bonds is 4. The Morgan fingerprint density at radius 2 is 1.84 bits per heavy atom. The van der Waals surface area contributed by atoms with Gasteiger partial charge in [0.2, 0.25) is 0 Å². The van der Waals surface area contributed by atoms with Gasteiger partial charge in [-0.1, -0.05) is 6.07 Å². The molecule has 19 heavy (non-hydrogen) atoms. The number of aryl methyl sites for hydroxylation is 1. The number of halogens is 2. The second-order valence-corrected chi connectivity index (χ2v) is 4.02. The third kappa shape index (κ3) is 2.73. The molecule has 0 saturated heterocycles. The van der Waals surface area contributed by atoms with Crippen LogP contribution in [0, 0.1) is 11.6 Å². The molecule has 0 aliphatic rings. The quantitative estimate of drug-likeness (QED) is 0.628. The molecule has 0 fully saturated rings. The van der Waals surface area contributed by atoms with Crippen molar-refractivity contribution in [2.24, 2.45) is 7.05 Å². The van der Waals surface area contributed by atoms with Gasteiger partial charge >= 0.3 is 0 Å². The van der Waals surface area contributed by atoms with Crippen LogP contribution in [-0.4, -0.2) is 21.3 Å². The summed E-state index contributed by atoms with van der Waals surface area (Å²) in [6.07, 6.45) is 2.14. The molecule has 0 N–H and O–H groups in total. The molecule has 2 aromatic rings. The lowest BCUT2D eigenvalue weighted by atomic mass is 10.0. The number of hydrogen-bond donors (Lipinski definition) is 0. The van der Waals surface area contributed by atoms with Gasteiger partial charge in [-0.05, 0) is 12.1 Å². The summed E-state index contributed by atoms with van der Waals surface area (Å²) in [6, 6.07) is 3.11. The Balaban J connectivity index is 2.20. The van der Waals surface area contributed by atoms with E-state index in [1.165, 1.54) is 17.1 Å². The predicted octanol–water partition coefficient (Wildman–Crippen LogP) is 2.15. The van der Waals surface area contributed by atoms with Crippen LogP contribution in [0.25, 0.3) is 0 Å². The van der Waals surface area contributed by atoms with E-state index >= 15 is 0 Å². The Kier molecular flexibility index (Phi) is 3.50. The van der Waals surface area contributed by atoms with Crippen LogP contribution in [0.5, 0.6) is 0 Å². The fourth-order valence-corrected chi connectivity index (χ4v) is 1.67. The average molecular weight is 264 g/mol. The van der Waals surface area contributed by atoms with Crippen LogP contribution in [0.1, 0.15) is 27.1 Å². The topological polar surface area (TPSA) is 52.0 Å². The zero-order valence-electron chi connectivity index (χ0n) is 10.1. The van der Waals surface area contributed by atoms with E-state index in [0.717, 1.165) is 18.2 Å². The van der Waals surface area contributed by atoms with Crippen molar-refractivity contribution in [3.05, 3.63) is 53.4 Å². The summed E-state index contributed by atoms with van der Waals surface area (Å²) in [5.41, 5.74) is -0.452. The molecule has 0 aliphatic carbocycles. The average Bonchev–Trinajstić information content (AvgIpc) is 2.75. The SMILES string of the molecule is Cn1cc(C(=O)CC(=O)c2c(F)cccc2F)cn1. The Bertz CT molecular complexity index is 630. The zero-order chi connectivity index (χ0) is 14.0. The molecule has 1 aromatic heterocycles. The summed E-state index contributed by atoms with van der Waals surface area (Å²) in [6.45, 7) is 0. The molecule has 0 spiro atoms. The van der Waals surface area contributed by atoms with Crippen molar-refractivity contribution in [3.8, 4) is 0 Å². The summed E-state index contributed by atoms with van der Waals surface area (Å²) >= 11 is 0. The van der Waals surface area contributed by atoms with Crippen molar-refractivity contribution in [3.63, 3.8) is 0 Å². The Morgan fingerprint density at radius 1 is 1.21 bits per heavy atom. The van der Waals surface area contributed by atoms with Gasteiger partial charge in [-0.15, -0.1) is 0 Å². The normalized spacial score (nSPS) is 10.5. The number of aromatic nitrogens is 2. The summed E-state index contributed by atoms with van der Waals surface area (Å²) < 4.78 is 28.1. The van der Waals surface area contributed by atoms with Gasteiger partial charge in [0.15, 0.2) is 11.6 Å². The van der Waals surface area contributed by atoms with Gasteiger partial charge in [0, 0.05) is 13.2 Å². The standard InChI is InChI=1S/C13H10F2N2O2/c1-17-7-8(6-16-17)11(18)5-12(19)13-9(14)3-2-4-10(13)15/h2-4,6-7H,5H2,1H3. The number of nitrogens with zero attached hydrogens (tertiary/aromatic N) is 2. The fourth-order valence-electron chi connectivity index (χ4n) is 1.67. The first-order valence-electron chi connectivity index (χ1n) is 5.48. The molecule has 0 amide bonds. The summed E-state index contributed by atoms with van der Waals surface area (Å²) in [5, 5.41) is 3.79. The molecule has 0 radical (unpaired) electrons. The fraction of sp³-hybridized carbons (Fsp3) is 0.154. The van der Waals surface area contributed by atoms with E-state index in [9.17, 15) is 18.4 Å². The van der Waals surface area contributed by atoms with Crippen molar-refractivity contribution in [1.29, 1.82) is 0 Å². The molecule has 0 saturated carbocycles. The van der Waals surface area contributed by atoms with Crippen molar-refractivity contribution in [2.75, 3.05) is 0 Å². The highest BCUT2D eigenvalue weighted by atomic mass is 19.1. The molecular weight excluding hydrogens is 254 g/mol. The molecule has 1 aromatic carbocycles. The summed E-state index contributed by atoms with van der Waals surface area (Å²) in [4.78, 5) is 23.5. The van der Waals surface area contributed by atoms with Crippen LogP contribution in [0.4, 0.5) is 8.78 Å². The maximum atomic E-state index is 13.4. The lowest BCUT2D eigenvalue weighted by molar-refractivity contribution is 0.0890. The number of ketones is 2. The Labute approximate surface area is 107 Å². The van der Waals surface area contributed by atoms with Crippen LogP contribution in [0.15, 0.2) is 30.6 Å². The van der Waals surface area contributed by atoms with Crippen molar-refractivity contribution in [1.82, 2.24) is 9.78 Å². The van der Waals surface area contributed by atoms with Crippen molar-refractivity contribution >= 4 is 11.6 Å². The number of benzene rings is 1. The zero-order valence-corrected chi connectivity index (χ0v) is 10.1. The molecule has 4 nitrogen and oxygen atoms in total. The first-order chi connectivity index (χ1) is 8.99. The van der Waals surface area contributed by atoms with Gasteiger partial charge in [-0.2, -0.15) is 5.10 Å². The van der Waals surface area contributed by atoms with E-state index < -0.39 is 35.2 Å². The molecule has 98 valence electrons. The number of Topliss-reactive ketones (excluding diaryl/α,β-unsaturated/α-hetero) is 2. The molecule has 0 unspecified atom stereocenters. The van der Waals surface area contributed by atoms with Crippen LogP contribution in [-0.2, 0) is 7.05 Å². The van der Waals surface area contributed by atoms with Crippen LogP contribution in [0.2, 0.25) is 0 Å². The molecule has 1 heterocycles. The minimum Gasteiger partial charge on any atom is -0.294 e. The number of hydrogen-bond acceptors (Lipinski definition) is 3. The second-order valence-electron chi connectivity index (χ2n) is 4.02. The molecule has 2 rings (SSSR count). The van der Waals surface area contributed by atoms with Gasteiger partial charge in [-0.25, -0.2) is 8.78 Å². The van der Waals surface area contributed by atoms with Crippen LogP contribution >= 0.6 is 0 Å². The third-order valence-corrected chi connectivity index (χ3v) is 2.59. The van der Waals surface area contributed by atoms with E-state index in [4.69, 9.17) is 0 Å². The van der Waals surface area contributed by atoms with Crippen molar-refractivity contribution in [2.45, 2.75) is 6.42 Å². The van der Waals surface area contributed by atoms with Crippen LogP contribution in [0.3, 0.4) is 0 Å². The predicted molar refractivity (Wildman–Crippen MR) is 62.8 cm³/mol. The highest BCUT2D eigenvalue weighted by molar-refractivity contribution is 6.13. The van der Waals surface area contributed by atoms with E-state index in [2.05, 4.69) is 5.10 Å². The van der Waals surface area contributed by atoms with E-state index in [-0.39, 0.29) is 5.56 Å². The van der Waals surface area contributed by atoms with E-state index in [1.807, 2.05) is 0 Å².